The van der Waals surface area contributed by atoms with Crippen molar-refractivity contribution in [2.24, 2.45) is 0 Å². The van der Waals surface area contributed by atoms with E-state index in [2.05, 4.69) is 15.0 Å². The van der Waals surface area contributed by atoms with E-state index in [0.717, 1.165) is 0 Å². The van der Waals surface area contributed by atoms with Gasteiger partial charge in [-0.15, -0.1) is 0 Å². The summed E-state index contributed by atoms with van der Waals surface area (Å²) in [6.45, 7) is 0.148. The van der Waals surface area contributed by atoms with Crippen LogP contribution in [0.1, 0.15) is 6.42 Å². The lowest BCUT2D eigenvalue weighted by Gasteiger charge is -2.12. The molecule has 0 saturated heterocycles. The molecule has 11 heteroatoms. The number of aliphatic hydroxyl groups excluding tert-OH is 1. The molecule has 2 heterocycles. The van der Waals surface area contributed by atoms with E-state index < -0.39 is 20.0 Å². The molecule has 10 nitrogen and oxygen atoms in total. The van der Waals surface area contributed by atoms with Gasteiger partial charge in [-0.3, -0.25) is 4.57 Å². The summed E-state index contributed by atoms with van der Waals surface area (Å²) in [4.78, 5) is 29.3. The van der Waals surface area contributed by atoms with Gasteiger partial charge in [-0.2, -0.15) is 0 Å². The number of aromatic nitrogens is 4. The van der Waals surface area contributed by atoms with Gasteiger partial charge in [0.15, 0.2) is 17.8 Å². The number of nitrogens with two attached hydrogens (primary N) is 1. The Hall–Kier alpha value is -1.58. The van der Waals surface area contributed by atoms with Gasteiger partial charge in [0.2, 0.25) is 0 Å². The van der Waals surface area contributed by atoms with Crippen molar-refractivity contribution < 1.29 is 24.2 Å². The van der Waals surface area contributed by atoms with Crippen molar-refractivity contribution in [1.29, 1.82) is 0 Å². The fraction of sp³-hybridized carbons (Fsp3) is 0.500. The molecule has 21 heavy (non-hydrogen) atoms. The number of nitrogen functional groups attached to an aromatic ring is 1. The topological polar surface area (TPSA) is 157 Å². The molecule has 2 aromatic heterocycles. The fourth-order valence-electron chi connectivity index (χ4n) is 1.70. The van der Waals surface area contributed by atoms with Gasteiger partial charge in [-0.05, 0) is 0 Å². The van der Waals surface area contributed by atoms with Gasteiger partial charge in [0, 0.05) is 13.0 Å². The molecule has 0 fully saturated rings. The zero-order chi connectivity index (χ0) is 15.5. The summed E-state index contributed by atoms with van der Waals surface area (Å²) in [5, 5.41) is 9.61. The maximum absolute atomic E-state index is 10.6. The van der Waals surface area contributed by atoms with Crippen LogP contribution >= 0.6 is 7.60 Å². The van der Waals surface area contributed by atoms with E-state index in [9.17, 15) is 9.67 Å². The van der Waals surface area contributed by atoms with Gasteiger partial charge in [0.05, 0.1) is 19.1 Å². The summed E-state index contributed by atoms with van der Waals surface area (Å²) in [5.74, 6) is 0.275. The summed E-state index contributed by atoms with van der Waals surface area (Å²) in [6, 6.07) is 0. The van der Waals surface area contributed by atoms with Crippen LogP contribution < -0.4 is 5.73 Å². The van der Waals surface area contributed by atoms with E-state index in [1.807, 2.05) is 0 Å². The van der Waals surface area contributed by atoms with Crippen LogP contribution in [0.2, 0.25) is 0 Å². The Labute approximate surface area is 119 Å². The Kier molecular flexibility index (Phi) is 4.86. The van der Waals surface area contributed by atoms with E-state index in [-0.39, 0.29) is 18.8 Å². The number of aliphatic hydroxyl groups is 1. The highest BCUT2D eigenvalue weighted by Gasteiger charge is 2.14. The van der Waals surface area contributed by atoms with Crippen molar-refractivity contribution in [3.63, 3.8) is 0 Å². The lowest BCUT2D eigenvalue weighted by atomic mass is 10.4. The van der Waals surface area contributed by atoms with Gasteiger partial charge in [0.25, 0.3) is 0 Å². The normalized spacial score (nSPS) is 13.7. The number of rotatable bonds is 7. The van der Waals surface area contributed by atoms with Crippen molar-refractivity contribution >= 4 is 24.6 Å². The zero-order valence-corrected chi connectivity index (χ0v) is 11.9. The molecule has 0 amide bonds. The van der Waals surface area contributed by atoms with Gasteiger partial charge >= 0.3 is 7.60 Å². The minimum atomic E-state index is -4.11. The van der Waals surface area contributed by atoms with Crippen molar-refractivity contribution in [2.75, 3.05) is 18.5 Å². The summed E-state index contributed by atoms with van der Waals surface area (Å²) >= 11 is 0. The average Bonchev–Trinajstić information content (AvgIpc) is 2.79. The summed E-state index contributed by atoms with van der Waals surface area (Å²) < 4.78 is 17.2. The Bertz CT molecular complexity index is 656. The van der Waals surface area contributed by atoms with Crippen LogP contribution in [-0.2, 0) is 15.8 Å². The van der Waals surface area contributed by atoms with Crippen LogP contribution in [0.25, 0.3) is 11.2 Å². The van der Waals surface area contributed by atoms with Crippen LogP contribution in [0.5, 0.6) is 0 Å². The summed E-state index contributed by atoms with van der Waals surface area (Å²) in [6.07, 6.45) is 1.51. The predicted octanol–water partition coefficient (Wildman–Crippen LogP) is -0.689. The Morgan fingerprint density at radius 1 is 1.38 bits per heavy atom. The number of ether oxygens (including phenoxy) is 1. The largest absolute Gasteiger partial charge is 0.382 e. The smallest absolute Gasteiger partial charge is 0.327 e. The number of imidazole rings is 1. The van der Waals surface area contributed by atoms with Crippen molar-refractivity contribution in [2.45, 2.75) is 19.3 Å². The molecule has 2 rings (SSSR count). The summed E-state index contributed by atoms with van der Waals surface area (Å²) in [7, 11) is -4.11. The van der Waals surface area contributed by atoms with E-state index >= 15 is 0 Å². The molecular formula is C10H16N5O5P. The molecule has 0 saturated carbocycles. The first-order valence-corrected chi connectivity index (χ1v) is 7.92. The van der Waals surface area contributed by atoms with Gasteiger partial charge in [0.1, 0.15) is 11.8 Å². The van der Waals surface area contributed by atoms with Crippen molar-refractivity contribution in [1.82, 2.24) is 19.5 Å². The number of hydrogen-bond donors (Lipinski definition) is 4. The van der Waals surface area contributed by atoms with Crippen LogP contribution in [-0.4, -0.2) is 53.5 Å². The Balaban J connectivity index is 1.87. The molecule has 0 aromatic carbocycles. The first kappa shape index (κ1) is 15.8. The molecule has 0 aliphatic rings. The first-order valence-electron chi connectivity index (χ1n) is 6.12. The molecule has 0 bridgehead atoms. The molecule has 1 atom stereocenters. The molecule has 0 aliphatic heterocycles. The number of anilines is 1. The highest BCUT2D eigenvalue weighted by Crippen LogP contribution is 2.33. The quantitative estimate of drug-likeness (QED) is 0.383. The van der Waals surface area contributed by atoms with E-state index in [4.69, 9.17) is 20.3 Å². The average molecular weight is 317 g/mol. The molecule has 0 spiro atoms. The van der Waals surface area contributed by atoms with Gasteiger partial charge in [-0.1, -0.05) is 0 Å². The molecule has 0 radical (unpaired) electrons. The third kappa shape index (κ3) is 4.45. The second-order valence-electron chi connectivity index (χ2n) is 4.37. The standard InChI is InChI=1S/C10H16N5O5P/c11-9-8-10(13-5-12-9)15(6-14-8)2-1-7(16)20-3-4-21(17,18)19/h5-7,16H,1-4H2,(H2,11,12,13)(H2,17,18,19). The Morgan fingerprint density at radius 3 is 2.86 bits per heavy atom. The van der Waals surface area contributed by atoms with Gasteiger partial charge in [-0.25, -0.2) is 15.0 Å². The highest BCUT2D eigenvalue weighted by atomic mass is 31.2. The maximum atomic E-state index is 10.6. The molecule has 116 valence electrons. The molecule has 5 N–H and O–H groups in total. The SMILES string of the molecule is Nc1ncnc2c1ncn2CCC(O)OCCP(=O)(O)O. The highest BCUT2D eigenvalue weighted by molar-refractivity contribution is 7.51. The van der Waals surface area contributed by atoms with Gasteiger partial charge < -0.3 is 29.9 Å². The Morgan fingerprint density at radius 2 is 2.14 bits per heavy atom. The minimum absolute atomic E-state index is 0.217. The zero-order valence-electron chi connectivity index (χ0n) is 11.0. The first-order chi connectivity index (χ1) is 9.87. The van der Waals surface area contributed by atoms with E-state index in [1.54, 1.807) is 4.57 Å². The lowest BCUT2D eigenvalue weighted by molar-refractivity contribution is -0.0999. The molecular weight excluding hydrogens is 301 g/mol. The number of aryl methyl sites for hydroxylation is 1. The molecule has 1 unspecified atom stereocenters. The minimum Gasteiger partial charge on any atom is -0.382 e. The lowest BCUT2D eigenvalue weighted by Crippen LogP contribution is -2.17. The molecule has 0 aliphatic carbocycles. The third-order valence-corrected chi connectivity index (χ3v) is 3.50. The van der Waals surface area contributed by atoms with Crippen molar-refractivity contribution in [3.05, 3.63) is 12.7 Å². The van der Waals surface area contributed by atoms with Crippen molar-refractivity contribution in [3.8, 4) is 0 Å². The van der Waals surface area contributed by atoms with E-state index in [0.29, 0.717) is 17.7 Å². The third-order valence-electron chi connectivity index (χ3n) is 2.74. The van der Waals surface area contributed by atoms with E-state index in [1.165, 1.54) is 12.7 Å². The van der Waals surface area contributed by atoms with Crippen LogP contribution in [0.4, 0.5) is 5.82 Å². The van der Waals surface area contributed by atoms with Crippen LogP contribution in [0.15, 0.2) is 12.7 Å². The second-order valence-corrected chi connectivity index (χ2v) is 6.15. The predicted molar refractivity (Wildman–Crippen MR) is 73.2 cm³/mol. The maximum Gasteiger partial charge on any atom is 0.327 e. The monoisotopic (exact) mass is 317 g/mol. The van der Waals surface area contributed by atoms with Crippen LogP contribution in [0.3, 0.4) is 0 Å². The number of fused-ring (bicyclic) bond motifs is 1. The fourth-order valence-corrected chi connectivity index (χ4v) is 2.05. The molecule has 2 aromatic rings. The second kappa shape index (κ2) is 6.46. The van der Waals surface area contributed by atoms with Crippen LogP contribution in [0, 0.1) is 0 Å². The summed E-state index contributed by atoms with van der Waals surface area (Å²) in [5.41, 5.74) is 6.68. The number of hydrogen-bond acceptors (Lipinski definition) is 7. The number of nitrogens with zero attached hydrogens (tertiary/aromatic N) is 4.